The van der Waals surface area contributed by atoms with Crippen LogP contribution in [0.4, 0.5) is 0 Å². The summed E-state index contributed by atoms with van der Waals surface area (Å²) in [4.78, 5) is 24.9. The Morgan fingerprint density at radius 3 is 1.16 bits per heavy atom. The van der Waals surface area contributed by atoms with Gasteiger partial charge in [-0.15, -0.1) is 0 Å². The van der Waals surface area contributed by atoms with Gasteiger partial charge < -0.3 is 0 Å². The molecule has 0 spiro atoms. The minimum absolute atomic E-state index is 0.0459. The predicted molar refractivity (Wildman–Crippen MR) is 140 cm³/mol. The molecule has 0 aromatic heterocycles. The van der Waals surface area contributed by atoms with Gasteiger partial charge in [0.05, 0.1) is 0 Å². The van der Waals surface area contributed by atoms with Crippen molar-refractivity contribution in [3.05, 3.63) is 120 Å². The fourth-order valence-corrected chi connectivity index (χ4v) is 7.06. The number of ketones is 2. The van der Waals surface area contributed by atoms with Crippen molar-refractivity contribution >= 4 is 38.1 Å². The Balaban J connectivity index is 1.72. The van der Waals surface area contributed by atoms with Crippen molar-refractivity contribution in [3.8, 4) is 0 Å². The number of carbonyl (C=O) groups is 2. The van der Waals surface area contributed by atoms with E-state index < -0.39 is 16.1 Å². The minimum atomic E-state index is -1.90. The third-order valence-electron chi connectivity index (χ3n) is 5.79. The van der Waals surface area contributed by atoms with Gasteiger partial charge in [-0.2, -0.15) is 0 Å². The molecule has 0 radical (unpaired) electrons. The molecule has 3 aromatic rings. The quantitative estimate of drug-likeness (QED) is 0.257. The van der Waals surface area contributed by atoms with Crippen LogP contribution in [0.1, 0.15) is 20.7 Å². The smallest absolute Gasteiger partial charge is 0.185 e. The van der Waals surface area contributed by atoms with Crippen molar-refractivity contribution in [2.75, 3.05) is 0 Å². The molecule has 0 aliphatic heterocycles. The Kier molecular flexibility index (Phi) is 7.38. The monoisotopic (exact) mass is 454 g/mol. The maximum atomic E-state index is 12.4. The van der Waals surface area contributed by atoms with Gasteiger partial charge in [0, 0.05) is 11.1 Å². The normalized spacial score (nSPS) is 12.4. The summed E-state index contributed by atoms with van der Waals surface area (Å²) in [6.45, 7) is 8.99. The van der Waals surface area contributed by atoms with Gasteiger partial charge in [0.15, 0.2) is 11.6 Å². The van der Waals surface area contributed by atoms with Crippen molar-refractivity contribution < 1.29 is 9.59 Å². The first kappa shape index (κ1) is 23.6. The summed E-state index contributed by atoms with van der Waals surface area (Å²) in [5.41, 5.74) is 5.65. The van der Waals surface area contributed by atoms with Crippen LogP contribution in [0.15, 0.2) is 108 Å². The Labute approximate surface area is 193 Å². The van der Waals surface area contributed by atoms with E-state index in [1.54, 1.807) is 12.2 Å². The molecule has 0 unspecified atom stereocenters. The summed E-state index contributed by atoms with van der Waals surface area (Å²) in [6.07, 6.45) is 3.46. The van der Waals surface area contributed by atoms with Gasteiger partial charge in [-0.3, -0.25) is 9.59 Å². The van der Waals surface area contributed by atoms with Gasteiger partial charge in [-0.25, -0.2) is 0 Å². The van der Waals surface area contributed by atoms with Crippen molar-refractivity contribution in [1.82, 2.24) is 0 Å². The molecule has 0 bridgehead atoms. The molecule has 0 aliphatic carbocycles. The average Bonchev–Trinajstić information content (AvgIpc) is 2.82. The van der Waals surface area contributed by atoms with E-state index in [0.717, 1.165) is 0 Å². The van der Waals surface area contributed by atoms with Gasteiger partial charge in [-0.05, 0) is 12.2 Å². The SMILES string of the molecule is C[Si](C)(C=CC(=O)c1ccccc1)c1ccc([Si](C)(C)C=CC(=O)c2ccccc2)cc1. The molecular formula is C28H30O2Si2. The van der Waals surface area contributed by atoms with E-state index in [0.29, 0.717) is 11.1 Å². The molecule has 0 saturated carbocycles. The third-order valence-corrected chi connectivity index (χ3v) is 11.4. The van der Waals surface area contributed by atoms with Crippen LogP contribution in [0.3, 0.4) is 0 Å². The highest BCUT2D eigenvalue weighted by Crippen LogP contribution is 2.11. The lowest BCUT2D eigenvalue weighted by atomic mass is 10.1. The van der Waals surface area contributed by atoms with Crippen LogP contribution in [-0.2, 0) is 0 Å². The van der Waals surface area contributed by atoms with E-state index >= 15 is 0 Å². The van der Waals surface area contributed by atoms with Crippen LogP contribution >= 0.6 is 0 Å². The van der Waals surface area contributed by atoms with E-state index in [4.69, 9.17) is 0 Å². The van der Waals surface area contributed by atoms with Crippen molar-refractivity contribution in [3.63, 3.8) is 0 Å². The Bertz CT molecular complexity index is 1030. The fraction of sp³-hybridized carbons (Fsp3) is 0.143. The first-order valence-corrected chi connectivity index (χ1v) is 17.0. The predicted octanol–water partition coefficient (Wildman–Crippen LogP) is 5.47. The van der Waals surface area contributed by atoms with E-state index in [9.17, 15) is 9.59 Å². The van der Waals surface area contributed by atoms with Gasteiger partial charge >= 0.3 is 0 Å². The van der Waals surface area contributed by atoms with Crippen LogP contribution in [0.2, 0.25) is 26.2 Å². The third kappa shape index (κ3) is 5.99. The summed E-state index contributed by atoms with van der Waals surface area (Å²) in [5, 5.41) is 2.57. The molecular weight excluding hydrogens is 424 g/mol. The van der Waals surface area contributed by atoms with Gasteiger partial charge in [0.25, 0.3) is 0 Å². The number of rotatable bonds is 8. The molecule has 0 fully saturated rings. The van der Waals surface area contributed by atoms with Gasteiger partial charge in [0.2, 0.25) is 0 Å². The lowest BCUT2D eigenvalue weighted by Gasteiger charge is -2.22. The molecule has 0 amide bonds. The van der Waals surface area contributed by atoms with E-state index in [2.05, 4.69) is 61.9 Å². The van der Waals surface area contributed by atoms with Gasteiger partial charge in [0.1, 0.15) is 16.1 Å². The first-order chi connectivity index (χ1) is 15.2. The van der Waals surface area contributed by atoms with E-state index in [-0.39, 0.29) is 11.6 Å². The standard InChI is InChI=1S/C28H30O2Si2/c1-31(2,21-19-27(29)23-11-7-5-8-12-23)25-15-17-26(18-16-25)32(3,4)22-20-28(30)24-13-9-6-10-14-24/h5-22H,1-4H3. The lowest BCUT2D eigenvalue weighted by Crippen LogP contribution is -2.44. The molecule has 0 heterocycles. The van der Waals surface area contributed by atoms with E-state index in [1.807, 2.05) is 60.7 Å². The average molecular weight is 455 g/mol. The highest BCUT2D eigenvalue weighted by atomic mass is 28.3. The number of hydrogen-bond donors (Lipinski definition) is 0. The van der Waals surface area contributed by atoms with Crippen LogP contribution in [0, 0.1) is 0 Å². The zero-order valence-corrected chi connectivity index (χ0v) is 21.2. The van der Waals surface area contributed by atoms with Crippen LogP contribution in [-0.4, -0.2) is 27.7 Å². The zero-order chi connectivity index (χ0) is 23.2. The summed E-state index contributed by atoms with van der Waals surface area (Å²) < 4.78 is 0. The highest BCUT2D eigenvalue weighted by Gasteiger charge is 2.24. The largest absolute Gasteiger partial charge is 0.289 e. The van der Waals surface area contributed by atoms with Gasteiger partial charge in [-0.1, -0.05) is 133 Å². The molecule has 4 heteroatoms. The fourth-order valence-electron chi connectivity index (χ4n) is 3.49. The second-order valence-electron chi connectivity index (χ2n) is 9.15. The Hall–Kier alpha value is -3.09. The highest BCUT2D eigenvalue weighted by molar-refractivity contribution is 6.95. The molecule has 32 heavy (non-hydrogen) atoms. The topological polar surface area (TPSA) is 34.1 Å². The molecule has 3 aromatic carbocycles. The molecule has 3 rings (SSSR count). The minimum Gasteiger partial charge on any atom is -0.289 e. The van der Waals surface area contributed by atoms with Crippen molar-refractivity contribution in [2.45, 2.75) is 26.2 Å². The van der Waals surface area contributed by atoms with Crippen LogP contribution < -0.4 is 10.4 Å². The molecule has 0 N–H and O–H groups in total. The molecule has 0 aliphatic rings. The van der Waals surface area contributed by atoms with Crippen molar-refractivity contribution in [1.29, 1.82) is 0 Å². The second-order valence-corrected chi connectivity index (χ2v) is 17.9. The molecule has 2 nitrogen and oxygen atoms in total. The molecule has 162 valence electrons. The van der Waals surface area contributed by atoms with E-state index in [1.165, 1.54) is 10.4 Å². The maximum Gasteiger partial charge on any atom is 0.185 e. The number of carbonyl (C=O) groups excluding carboxylic acids is 2. The lowest BCUT2D eigenvalue weighted by molar-refractivity contribution is 0.103. The summed E-state index contributed by atoms with van der Waals surface area (Å²) in [5.74, 6) is 0.0918. The summed E-state index contributed by atoms with van der Waals surface area (Å²) in [6, 6.07) is 27.5. The van der Waals surface area contributed by atoms with Crippen molar-refractivity contribution in [2.24, 2.45) is 0 Å². The Morgan fingerprint density at radius 1 is 0.531 bits per heavy atom. The van der Waals surface area contributed by atoms with Crippen LogP contribution in [0.5, 0.6) is 0 Å². The number of hydrogen-bond acceptors (Lipinski definition) is 2. The summed E-state index contributed by atoms with van der Waals surface area (Å²) >= 11 is 0. The Morgan fingerprint density at radius 2 is 0.844 bits per heavy atom. The zero-order valence-electron chi connectivity index (χ0n) is 19.2. The molecule has 0 atom stereocenters. The van der Waals surface area contributed by atoms with Crippen LogP contribution in [0.25, 0.3) is 0 Å². The maximum absolute atomic E-state index is 12.4. The first-order valence-electron chi connectivity index (χ1n) is 10.9. The number of benzene rings is 3. The molecule has 0 saturated heterocycles. The second kappa shape index (κ2) is 10.0. The number of allylic oxidation sites excluding steroid dienone is 2. The summed E-state index contributed by atoms with van der Waals surface area (Å²) in [7, 11) is -3.79.